The molecule has 32 heavy (non-hydrogen) atoms. The number of nitro benzene ring substituents is 1. The third-order valence-corrected chi connectivity index (χ3v) is 7.05. The number of sulfone groups is 1. The van der Waals surface area contributed by atoms with Crippen LogP contribution in [0.5, 0.6) is 0 Å². The Bertz CT molecular complexity index is 1550. The average molecular weight is 488 g/mol. The van der Waals surface area contributed by atoms with Crippen molar-refractivity contribution in [3.05, 3.63) is 92.2 Å². The van der Waals surface area contributed by atoms with Crippen LogP contribution in [0.1, 0.15) is 0 Å². The highest BCUT2D eigenvalue weighted by atomic mass is 35.5. The molecule has 8 nitrogen and oxygen atoms in total. The summed E-state index contributed by atoms with van der Waals surface area (Å²) in [7, 11) is -3.64. The number of nitrogens with zero attached hydrogens (tertiary/aromatic N) is 3. The second kappa shape index (κ2) is 8.38. The molecule has 0 N–H and O–H groups in total. The summed E-state index contributed by atoms with van der Waals surface area (Å²) in [6.07, 6.45) is 0.971. The first-order valence-electron chi connectivity index (χ1n) is 9.10. The molecule has 0 aliphatic rings. The zero-order chi connectivity index (χ0) is 23.0. The number of benzene rings is 3. The van der Waals surface area contributed by atoms with Gasteiger partial charge in [-0.1, -0.05) is 35.9 Å². The molecular formula is C21H14ClN3O5S2. The van der Waals surface area contributed by atoms with Gasteiger partial charge >= 0.3 is 0 Å². The lowest BCUT2D eigenvalue weighted by Crippen LogP contribution is -2.22. The van der Waals surface area contributed by atoms with E-state index >= 15 is 0 Å². The van der Waals surface area contributed by atoms with E-state index in [1.807, 2.05) is 0 Å². The Morgan fingerprint density at radius 2 is 1.75 bits per heavy atom. The van der Waals surface area contributed by atoms with E-state index in [0.717, 1.165) is 24.1 Å². The number of para-hydroxylation sites is 2. The first-order chi connectivity index (χ1) is 15.2. The van der Waals surface area contributed by atoms with E-state index in [-0.39, 0.29) is 20.5 Å². The molecule has 0 atom stereocenters. The van der Waals surface area contributed by atoms with Gasteiger partial charge in [0.15, 0.2) is 15.0 Å². The lowest BCUT2D eigenvalue weighted by Gasteiger charge is -2.14. The van der Waals surface area contributed by atoms with E-state index in [1.54, 1.807) is 48.5 Å². The normalized spacial score (nSPS) is 11.6. The van der Waals surface area contributed by atoms with Gasteiger partial charge in [-0.15, -0.1) is 0 Å². The Labute approximate surface area is 191 Å². The van der Waals surface area contributed by atoms with E-state index in [1.165, 1.54) is 16.7 Å². The van der Waals surface area contributed by atoms with E-state index < -0.39 is 20.4 Å². The molecule has 0 fully saturated rings. The minimum Gasteiger partial charge on any atom is -0.268 e. The van der Waals surface area contributed by atoms with Gasteiger partial charge in [0.2, 0.25) is 0 Å². The number of fused-ring (bicyclic) bond motifs is 1. The zero-order valence-corrected chi connectivity index (χ0v) is 18.8. The van der Waals surface area contributed by atoms with Crippen molar-refractivity contribution in [3.63, 3.8) is 0 Å². The number of aromatic nitrogens is 2. The van der Waals surface area contributed by atoms with Crippen molar-refractivity contribution in [2.24, 2.45) is 0 Å². The van der Waals surface area contributed by atoms with Crippen molar-refractivity contribution in [3.8, 4) is 5.69 Å². The summed E-state index contributed by atoms with van der Waals surface area (Å²) >= 11 is 7.22. The summed E-state index contributed by atoms with van der Waals surface area (Å²) in [4.78, 5) is 28.8. The molecule has 11 heteroatoms. The monoisotopic (exact) mass is 487 g/mol. The first-order valence-corrected chi connectivity index (χ1v) is 12.2. The van der Waals surface area contributed by atoms with Crippen LogP contribution in [0.25, 0.3) is 16.6 Å². The van der Waals surface area contributed by atoms with Gasteiger partial charge in [-0.3, -0.25) is 19.5 Å². The zero-order valence-electron chi connectivity index (χ0n) is 16.4. The lowest BCUT2D eigenvalue weighted by molar-refractivity contribution is -0.388. The third kappa shape index (κ3) is 4.12. The fourth-order valence-electron chi connectivity index (χ4n) is 3.08. The van der Waals surface area contributed by atoms with Crippen LogP contribution in [-0.4, -0.2) is 29.1 Å². The highest BCUT2D eigenvalue weighted by Crippen LogP contribution is 2.37. The van der Waals surface area contributed by atoms with Gasteiger partial charge in [-0.25, -0.2) is 13.4 Å². The molecule has 0 saturated heterocycles. The number of halogens is 1. The topological polar surface area (TPSA) is 112 Å². The van der Waals surface area contributed by atoms with Gasteiger partial charge in [0.05, 0.1) is 36.3 Å². The molecule has 4 rings (SSSR count). The minimum atomic E-state index is -3.64. The van der Waals surface area contributed by atoms with Crippen molar-refractivity contribution in [1.82, 2.24) is 9.55 Å². The van der Waals surface area contributed by atoms with Crippen LogP contribution < -0.4 is 5.56 Å². The van der Waals surface area contributed by atoms with Crippen LogP contribution in [0.2, 0.25) is 5.02 Å². The van der Waals surface area contributed by atoms with Gasteiger partial charge in [0, 0.05) is 12.3 Å². The lowest BCUT2D eigenvalue weighted by atomic mass is 10.2. The highest BCUT2D eigenvalue weighted by molar-refractivity contribution is 7.99. The molecule has 162 valence electrons. The Kier molecular flexibility index (Phi) is 5.76. The number of nitro groups is 1. The summed E-state index contributed by atoms with van der Waals surface area (Å²) in [5.74, 6) is 0. The maximum atomic E-state index is 13.3. The molecular weight excluding hydrogens is 474 g/mol. The number of hydrogen-bond acceptors (Lipinski definition) is 7. The molecule has 0 aliphatic heterocycles. The van der Waals surface area contributed by atoms with E-state index in [0.29, 0.717) is 21.6 Å². The van der Waals surface area contributed by atoms with Crippen LogP contribution in [0.4, 0.5) is 5.69 Å². The molecule has 3 aromatic carbocycles. The van der Waals surface area contributed by atoms with Crippen molar-refractivity contribution in [2.45, 2.75) is 14.9 Å². The third-order valence-electron chi connectivity index (χ3n) is 4.59. The maximum absolute atomic E-state index is 13.3. The van der Waals surface area contributed by atoms with Gasteiger partial charge in [0.25, 0.3) is 11.2 Å². The summed E-state index contributed by atoms with van der Waals surface area (Å²) in [6.45, 7) is 0. The Morgan fingerprint density at radius 3 is 2.44 bits per heavy atom. The van der Waals surface area contributed by atoms with E-state index in [9.17, 15) is 23.3 Å². The molecule has 0 spiro atoms. The minimum absolute atomic E-state index is 0.130. The standard InChI is InChI=1S/C21H14ClN3O5S2/c1-32(29,30)13-10-11-19(18(12-13)25(27)28)31-21-23-16-8-4-2-6-14(16)20(26)24(21)17-9-5-3-7-15(17)22/h2-12H,1H3. The Morgan fingerprint density at radius 1 is 1.06 bits per heavy atom. The molecule has 0 amide bonds. The van der Waals surface area contributed by atoms with Crippen LogP contribution in [0.3, 0.4) is 0 Å². The van der Waals surface area contributed by atoms with Crippen molar-refractivity contribution in [1.29, 1.82) is 0 Å². The van der Waals surface area contributed by atoms with Gasteiger partial charge < -0.3 is 0 Å². The highest BCUT2D eigenvalue weighted by Gasteiger charge is 2.23. The summed E-state index contributed by atoms with van der Waals surface area (Å²) in [5.41, 5.74) is -0.0123. The Balaban J connectivity index is 1.98. The predicted molar refractivity (Wildman–Crippen MR) is 123 cm³/mol. The molecule has 0 unspecified atom stereocenters. The van der Waals surface area contributed by atoms with E-state index in [2.05, 4.69) is 4.98 Å². The quantitative estimate of drug-likeness (QED) is 0.231. The molecule has 4 aromatic rings. The summed E-state index contributed by atoms with van der Waals surface area (Å²) in [5, 5.41) is 12.5. The first kappa shape index (κ1) is 22.0. The van der Waals surface area contributed by atoms with Crippen LogP contribution >= 0.6 is 23.4 Å². The smallest absolute Gasteiger partial charge is 0.268 e. The molecule has 1 aromatic heterocycles. The van der Waals surface area contributed by atoms with Crippen LogP contribution in [-0.2, 0) is 9.84 Å². The molecule has 0 aliphatic carbocycles. The maximum Gasteiger partial charge on any atom is 0.284 e. The number of rotatable bonds is 5. The van der Waals surface area contributed by atoms with Crippen molar-refractivity contribution < 1.29 is 13.3 Å². The van der Waals surface area contributed by atoms with Gasteiger partial charge in [-0.2, -0.15) is 0 Å². The average Bonchev–Trinajstić information content (AvgIpc) is 2.74. The van der Waals surface area contributed by atoms with Crippen molar-refractivity contribution in [2.75, 3.05) is 6.26 Å². The van der Waals surface area contributed by atoms with Gasteiger partial charge in [-0.05, 0) is 48.2 Å². The van der Waals surface area contributed by atoms with Crippen LogP contribution in [0, 0.1) is 10.1 Å². The van der Waals surface area contributed by atoms with Crippen LogP contribution in [0.15, 0.2) is 86.5 Å². The fraction of sp³-hybridized carbons (Fsp3) is 0.0476. The summed E-state index contributed by atoms with van der Waals surface area (Å²) < 4.78 is 25.0. The SMILES string of the molecule is CS(=O)(=O)c1ccc(Sc2nc3ccccc3c(=O)n2-c2ccccc2Cl)c([N+](=O)[O-])c1. The fourth-order valence-corrected chi connectivity index (χ4v) is 4.93. The molecule has 0 radical (unpaired) electrons. The Hall–Kier alpha value is -3.21. The largest absolute Gasteiger partial charge is 0.284 e. The molecule has 0 saturated carbocycles. The predicted octanol–water partition coefficient (Wildman–Crippen LogP) is 4.50. The van der Waals surface area contributed by atoms with Gasteiger partial charge in [0.1, 0.15) is 0 Å². The van der Waals surface area contributed by atoms with E-state index in [4.69, 9.17) is 11.6 Å². The molecule has 1 heterocycles. The summed E-state index contributed by atoms with van der Waals surface area (Å²) in [6, 6.07) is 17.0. The second-order valence-electron chi connectivity index (χ2n) is 6.76. The second-order valence-corrected chi connectivity index (χ2v) is 10.2. The van der Waals surface area contributed by atoms with Crippen molar-refractivity contribution >= 4 is 49.8 Å². The number of hydrogen-bond donors (Lipinski definition) is 0. The molecule has 0 bridgehead atoms.